The van der Waals surface area contributed by atoms with Gasteiger partial charge < -0.3 is 11.5 Å². The predicted octanol–water partition coefficient (Wildman–Crippen LogP) is 1.49. The van der Waals surface area contributed by atoms with E-state index in [0.29, 0.717) is 12.5 Å². The molecule has 1 atom stereocenters. The molecule has 0 aliphatic heterocycles. The molecule has 0 aromatic rings. The van der Waals surface area contributed by atoms with E-state index in [1.54, 1.807) is 0 Å². The highest BCUT2D eigenvalue weighted by atomic mass is 14.8. The molecule has 0 saturated carbocycles. The first-order chi connectivity index (χ1) is 5.14. The van der Waals surface area contributed by atoms with Crippen molar-refractivity contribution in [2.75, 3.05) is 6.54 Å². The van der Waals surface area contributed by atoms with E-state index in [0.717, 1.165) is 19.3 Å². The third-order valence-electron chi connectivity index (χ3n) is 2.91. The Kier molecular flexibility index (Phi) is 4.69. The Balaban J connectivity index is 4.19. The topological polar surface area (TPSA) is 52.0 Å². The van der Waals surface area contributed by atoms with Crippen LogP contribution >= 0.6 is 0 Å². The average Bonchev–Trinajstić information content (AvgIpc) is 2.06. The lowest BCUT2D eigenvalue weighted by atomic mass is 9.79. The summed E-state index contributed by atoms with van der Waals surface area (Å²) in [5.74, 6) is 0.484. The summed E-state index contributed by atoms with van der Waals surface area (Å²) in [5.41, 5.74) is 11.8. The fourth-order valence-electron chi connectivity index (χ4n) is 1.64. The van der Waals surface area contributed by atoms with Gasteiger partial charge in [0.15, 0.2) is 0 Å². The van der Waals surface area contributed by atoms with Gasteiger partial charge in [-0.05, 0) is 25.3 Å². The van der Waals surface area contributed by atoms with E-state index in [-0.39, 0.29) is 5.54 Å². The smallest absolute Gasteiger partial charge is 0.0189 e. The van der Waals surface area contributed by atoms with Crippen molar-refractivity contribution in [1.82, 2.24) is 0 Å². The maximum atomic E-state index is 6.18. The van der Waals surface area contributed by atoms with Gasteiger partial charge in [0.05, 0.1) is 0 Å². The van der Waals surface area contributed by atoms with Crippen LogP contribution in [0.15, 0.2) is 0 Å². The van der Waals surface area contributed by atoms with Gasteiger partial charge in [-0.15, -0.1) is 0 Å². The normalized spacial score (nSPS) is 15.0. The summed E-state index contributed by atoms with van der Waals surface area (Å²) in [6, 6.07) is 0. The minimum Gasteiger partial charge on any atom is -0.330 e. The van der Waals surface area contributed by atoms with Crippen LogP contribution in [-0.2, 0) is 0 Å². The lowest BCUT2D eigenvalue weighted by Crippen LogP contribution is -2.48. The molecule has 1 unspecified atom stereocenters. The molecule has 0 radical (unpaired) electrons. The van der Waals surface area contributed by atoms with Gasteiger partial charge in [0, 0.05) is 5.54 Å². The van der Waals surface area contributed by atoms with Crippen molar-refractivity contribution in [3.05, 3.63) is 0 Å². The molecule has 0 bridgehead atoms. The van der Waals surface area contributed by atoms with E-state index in [4.69, 9.17) is 11.5 Å². The Morgan fingerprint density at radius 2 is 1.64 bits per heavy atom. The van der Waals surface area contributed by atoms with Crippen LogP contribution in [0.25, 0.3) is 0 Å². The zero-order valence-electron chi connectivity index (χ0n) is 8.06. The molecule has 68 valence electrons. The Labute approximate surface area is 70.3 Å². The Bertz CT molecular complexity index is 93.7. The van der Waals surface area contributed by atoms with E-state index in [1.165, 1.54) is 0 Å². The molecule has 0 heterocycles. The molecular formula is C9H22N2. The van der Waals surface area contributed by atoms with E-state index in [1.807, 2.05) is 0 Å². The largest absolute Gasteiger partial charge is 0.330 e. The second-order valence-electron chi connectivity index (χ2n) is 3.28. The SMILES string of the molecule is CCC(CN)C(N)(CC)CC. The number of hydrogen-bond acceptors (Lipinski definition) is 2. The fourth-order valence-corrected chi connectivity index (χ4v) is 1.64. The van der Waals surface area contributed by atoms with Crippen molar-refractivity contribution in [2.24, 2.45) is 17.4 Å². The van der Waals surface area contributed by atoms with Gasteiger partial charge in [-0.2, -0.15) is 0 Å². The van der Waals surface area contributed by atoms with Crippen LogP contribution < -0.4 is 11.5 Å². The summed E-state index contributed by atoms with van der Waals surface area (Å²) in [4.78, 5) is 0. The molecule has 0 aliphatic rings. The van der Waals surface area contributed by atoms with Gasteiger partial charge in [0.25, 0.3) is 0 Å². The molecule has 0 aliphatic carbocycles. The zero-order chi connectivity index (χ0) is 8.91. The summed E-state index contributed by atoms with van der Waals surface area (Å²) < 4.78 is 0. The minimum atomic E-state index is -0.0243. The number of rotatable bonds is 5. The molecule has 11 heavy (non-hydrogen) atoms. The van der Waals surface area contributed by atoms with Crippen LogP contribution in [0.2, 0.25) is 0 Å². The molecular weight excluding hydrogens is 136 g/mol. The van der Waals surface area contributed by atoms with Crippen molar-refractivity contribution in [3.63, 3.8) is 0 Å². The Morgan fingerprint density at radius 1 is 1.18 bits per heavy atom. The molecule has 0 aromatic carbocycles. The molecule has 0 aromatic heterocycles. The molecule has 0 amide bonds. The van der Waals surface area contributed by atoms with Crippen molar-refractivity contribution in [2.45, 2.75) is 45.6 Å². The number of hydrogen-bond donors (Lipinski definition) is 2. The van der Waals surface area contributed by atoms with Crippen molar-refractivity contribution >= 4 is 0 Å². The maximum Gasteiger partial charge on any atom is 0.0189 e. The average molecular weight is 158 g/mol. The molecule has 0 spiro atoms. The lowest BCUT2D eigenvalue weighted by Gasteiger charge is -2.34. The van der Waals surface area contributed by atoms with Gasteiger partial charge in [-0.3, -0.25) is 0 Å². The van der Waals surface area contributed by atoms with Crippen molar-refractivity contribution in [3.8, 4) is 0 Å². The van der Waals surface area contributed by atoms with Gasteiger partial charge in [0.1, 0.15) is 0 Å². The molecule has 0 rings (SSSR count). The zero-order valence-corrected chi connectivity index (χ0v) is 8.06. The van der Waals surface area contributed by atoms with Crippen LogP contribution in [0.1, 0.15) is 40.0 Å². The third kappa shape index (κ3) is 2.46. The Hall–Kier alpha value is -0.0800. The van der Waals surface area contributed by atoms with E-state index < -0.39 is 0 Å². The van der Waals surface area contributed by atoms with Crippen LogP contribution in [0, 0.1) is 5.92 Å². The molecule has 2 nitrogen and oxygen atoms in total. The summed E-state index contributed by atoms with van der Waals surface area (Å²) >= 11 is 0. The van der Waals surface area contributed by atoms with Gasteiger partial charge in [0.2, 0.25) is 0 Å². The molecule has 4 N–H and O–H groups in total. The first-order valence-corrected chi connectivity index (χ1v) is 4.63. The van der Waals surface area contributed by atoms with Gasteiger partial charge in [-0.25, -0.2) is 0 Å². The quantitative estimate of drug-likeness (QED) is 0.637. The minimum absolute atomic E-state index is 0.0243. The van der Waals surface area contributed by atoms with Crippen molar-refractivity contribution < 1.29 is 0 Å². The monoisotopic (exact) mass is 158 g/mol. The number of nitrogens with two attached hydrogens (primary N) is 2. The van der Waals surface area contributed by atoms with Gasteiger partial charge >= 0.3 is 0 Å². The molecule has 2 heteroatoms. The first kappa shape index (κ1) is 10.9. The fraction of sp³-hybridized carbons (Fsp3) is 1.00. The Morgan fingerprint density at radius 3 is 1.73 bits per heavy atom. The first-order valence-electron chi connectivity index (χ1n) is 4.63. The second kappa shape index (κ2) is 4.73. The lowest BCUT2D eigenvalue weighted by molar-refractivity contribution is 0.250. The van der Waals surface area contributed by atoms with Gasteiger partial charge in [-0.1, -0.05) is 27.2 Å². The molecule has 0 saturated heterocycles. The summed E-state index contributed by atoms with van der Waals surface area (Å²) in [7, 11) is 0. The summed E-state index contributed by atoms with van der Waals surface area (Å²) in [6.45, 7) is 7.16. The van der Waals surface area contributed by atoms with Crippen LogP contribution in [0.3, 0.4) is 0 Å². The van der Waals surface area contributed by atoms with E-state index in [9.17, 15) is 0 Å². The van der Waals surface area contributed by atoms with Crippen LogP contribution in [0.5, 0.6) is 0 Å². The second-order valence-corrected chi connectivity index (χ2v) is 3.28. The standard InChI is InChI=1S/C9H22N2/c1-4-8(7-10)9(11,5-2)6-3/h8H,4-7,10-11H2,1-3H3. The highest BCUT2D eigenvalue weighted by molar-refractivity contribution is 4.88. The predicted molar refractivity (Wildman–Crippen MR) is 50.3 cm³/mol. The van der Waals surface area contributed by atoms with E-state index in [2.05, 4.69) is 20.8 Å². The third-order valence-corrected chi connectivity index (χ3v) is 2.91. The summed E-state index contributed by atoms with van der Waals surface area (Å²) in [5, 5.41) is 0. The van der Waals surface area contributed by atoms with Crippen molar-refractivity contribution in [1.29, 1.82) is 0 Å². The maximum absolute atomic E-state index is 6.18. The molecule has 0 fully saturated rings. The highest BCUT2D eigenvalue weighted by Crippen LogP contribution is 2.23. The summed E-state index contributed by atoms with van der Waals surface area (Å²) in [6.07, 6.45) is 3.15. The highest BCUT2D eigenvalue weighted by Gasteiger charge is 2.28. The van der Waals surface area contributed by atoms with Crippen LogP contribution in [-0.4, -0.2) is 12.1 Å². The van der Waals surface area contributed by atoms with Crippen LogP contribution in [0.4, 0.5) is 0 Å². The van der Waals surface area contributed by atoms with E-state index >= 15 is 0 Å².